The highest BCUT2D eigenvalue weighted by atomic mass is 16.5. The van der Waals surface area contributed by atoms with Crippen molar-refractivity contribution in [1.82, 2.24) is 0 Å². The lowest BCUT2D eigenvalue weighted by Gasteiger charge is -2.33. The summed E-state index contributed by atoms with van der Waals surface area (Å²) < 4.78 is 5.87. The van der Waals surface area contributed by atoms with Gasteiger partial charge in [-0.2, -0.15) is 0 Å². The number of anilines is 1. The maximum absolute atomic E-state index is 5.87. The Morgan fingerprint density at radius 3 is 2.10 bits per heavy atom. The molecule has 0 N–H and O–H groups in total. The molecule has 1 fully saturated rings. The number of ether oxygens (including phenoxy) is 1. The minimum Gasteiger partial charge on any atom is -0.493 e. The van der Waals surface area contributed by atoms with Crippen molar-refractivity contribution in [2.45, 2.75) is 12.8 Å². The molecule has 20 heavy (non-hydrogen) atoms. The number of rotatable bonds is 4. The molecule has 2 heteroatoms. The number of hydrogen-bond acceptors (Lipinski definition) is 2. The molecule has 1 heterocycles. The molecule has 2 nitrogen and oxygen atoms in total. The first-order valence-electron chi connectivity index (χ1n) is 7.39. The van der Waals surface area contributed by atoms with Gasteiger partial charge in [0, 0.05) is 18.8 Å². The Kier molecular flexibility index (Phi) is 4.22. The van der Waals surface area contributed by atoms with E-state index in [9.17, 15) is 0 Å². The molecule has 3 rings (SSSR count). The zero-order chi connectivity index (χ0) is 13.6. The van der Waals surface area contributed by atoms with Gasteiger partial charge in [-0.15, -0.1) is 0 Å². The van der Waals surface area contributed by atoms with Gasteiger partial charge in [0.15, 0.2) is 0 Å². The predicted molar refractivity (Wildman–Crippen MR) is 83.3 cm³/mol. The molecule has 1 aliphatic rings. The number of hydrogen-bond donors (Lipinski definition) is 0. The minimum atomic E-state index is 0.676. The van der Waals surface area contributed by atoms with Crippen LogP contribution in [0.15, 0.2) is 60.7 Å². The summed E-state index contributed by atoms with van der Waals surface area (Å²) in [7, 11) is 0. The molecule has 1 aliphatic heterocycles. The van der Waals surface area contributed by atoms with Crippen molar-refractivity contribution in [3.05, 3.63) is 60.7 Å². The molecule has 0 unspecified atom stereocenters. The lowest BCUT2D eigenvalue weighted by molar-refractivity contribution is 0.223. The fraction of sp³-hybridized carbons (Fsp3) is 0.333. The van der Waals surface area contributed by atoms with Crippen molar-refractivity contribution in [3.63, 3.8) is 0 Å². The summed E-state index contributed by atoms with van der Waals surface area (Å²) in [6, 6.07) is 20.8. The van der Waals surface area contributed by atoms with Crippen LogP contribution in [0.2, 0.25) is 0 Å². The van der Waals surface area contributed by atoms with Crippen molar-refractivity contribution in [1.29, 1.82) is 0 Å². The Labute approximate surface area is 121 Å². The summed E-state index contributed by atoms with van der Waals surface area (Å²) in [5.74, 6) is 1.66. The lowest BCUT2D eigenvalue weighted by atomic mass is 9.97. The maximum Gasteiger partial charge on any atom is 0.119 e. The molecule has 0 saturated carbocycles. The van der Waals surface area contributed by atoms with Gasteiger partial charge in [0.05, 0.1) is 6.61 Å². The van der Waals surface area contributed by atoms with Gasteiger partial charge in [0.1, 0.15) is 5.75 Å². The predicted octanol–water partition coefficient (Wildman–Crippen LogP) is 3.98. The highest BCUT2D eigenvalue weighted by molar-refractivity contribution is 5.46. The van der Waals surface area contributed by atoms with Gasteiger partial charge in [-0.05, 0) is 43.0 Å². The van der Waals surface area contributed by atoms with E-state index in [-0.39, 0.29) is 0 Å². The minimum absolute atomic E-state index is 0.676. The molecular weight excluding hydrogens is 246 g/mol. The van der Waals surface area contributed by atoms with E-state index in [1.165, 1.54) is 18.5 Å². The molecular formula is C18H21NO. The van der Waals surface area contributed by atoms with E-state index in [1.54, 1.807) is 0 Å². The number of piperidine rings is 1. The average Bonchev–Trinajstić information content (AvgIpc) is 2.55. The van der Waals surface area contributed by atoms with E-state index in [0.717, 1.165) is 25.4 Å². The molecule has 2 aromatic rings. The van der Waals surface area contributed by atoms with E-state index >= 15 is 0 Å². The Balaban J connectivity index is 1.47. The Morgan fingerprint density at radius 1 is 0.850 bits per heavy atom. The topological polar surface area (TPSA) is 12.5 Å². The average molecular weight is 267 g/mol. The highest BCUT2D eigenvalue weighted by Crippen LogP contribution is 2.23. The van der Waals surface area contributed by atoms with Crippen LogP contribution in [0.3, 0.4) is 0 Å². The normalized spacial score (nSPS) is 16.1. The quantitative estimate of drug-likeness (QED) is 0.830. The number of benzene rings is 2. The highest BCUT2D eigenvalue weighted by Gasteiger charge is 2.19. The van der Waals surface area contributed by atoms with Gasteiger partial charge in [-0.3, -0.25) is 0 Å². The van der Waals surface area contributed by atoms with Crippen molar-refractivity contribution < 1.29 is 4.74 Å². The second kappa shape index (κ2) is 6.47. The van der Waals surface area contributed by atoms with Crippen LogP contribution in [0, 0.1) is 5.92 Å². The van der Waals surface area contributed by atoms with Gasteiger partial charge in [0.25, 0.3) is 0 Å². The van der Waals surface area contributed by atoms with Crippen LogP contribution in [-0.4, -0.2) is 19.7 Å². The summed E-state index contributed by atoms with van der Waals surface area (Å²) >= 11 is 0. The van der Waals surface area contributed by atoms with Gasteiger partial charge in [-0.1, -0.05) is 36.4 Å². The van der Waals surface area contributed by atoms with Crippen LogP contribution >= 0.6 is 0 Å². The molecule has 2 aromatic carbocycles. The first kappa shape index (κ1) is 13.0. The SMILES string of the molecule is c1ccc(OCC2CCN(c3ccccc3)CC2)cc1. The summed E-state index contributed by atoms with van der Waals surface area (Å²) in [6.07, 6.45) is 2.42. The third-order valence-electron chi connectivity index (χ3n) is 3.96. The summed E-state index contributed by atoms with van der Waals surface area (Å²) in [5, 5.41) is 0. The van der Waals surface area contributed by atoms with Crippen LogP contribution < -0.4 is 9.64 Å². The summed E-state index contributed by atoms with van der Waals surface area (Å²) in [5.41, 5.74) is 1.34. The van der Waals surface area contributed by atoms with Crippen molar-refractivity contribution in [3.8, 4) is 5.75 Å². The Bertz CT molecular complexity index is 503. The van der Waals surface area contributed by atoms with Crippen LogP contribution in [-0.2, 0) is 0 Å². The molecule has 0 aliphatic carbocycles. The van der Waals surface area contributed by atoms with Crippen molar-refractivity contribution in [2.24, 2.45) is 5.92 Å². The fourth-order valence-electron chi connectivity index (χ4n) is 2.73. The molecule has 0 spiro atoms. The molecule has 0 amide bonds. The van der Waals surface area contributed by atoms with E-state index < -0.39 is 0 Å². The molecule has 0 aromatic heterocycles. The largest absolute Gasteiger partial charge is 0.493 e. The third-order valence-corrected chi connectivity index (χ3v) is 3.96. The summed E-state index contributed by atoms with van der Waals surface area (Å²) in [4.78, 5) is 2.47. The first-order chi connectivity index (χ1) is 9.92. The molecule has 1 saturated heterocycles. The molecule has 0 atom stereocenters. The Hall–Kier alpha value is -1.96. The lowest BCUT2D eigenvalue weighted by Crippen LogP contribution is -2.35. The van der Waals surface area contributed by atoms with Gasteiger partial charge < -0.3 is 9.64 Å². The van der Waals surface area contributed by atoms with Crippen LogP contribution in [0.5, 0.6) is 5.75 Å². The zero-order valence-electron chi connectivity index (χ0n) is 11.7. The maximum atomic E-state index is 5.87. The van der Waals surface area contributed by atoms with E-state index in [2.05, 4.69) is 35.2 Å². The van der Waals surface area contributed by atoms with Gasteiger partial charge in [0.2, 0.25) is 0 Å². The van der Waals surface area contributed by atoms with Crippen LogP contribution in [0.1, 0.15) is 12.8 Å². The molecule has 0 bridgehead atoms. The van der Waals surface area contributed by atoms with Crippen LogP contribution in [0.4, 0.5) is 5.69 Å². The van der Waals surface area contributed by atoms with Crippen molar-refractivity contribution >= 4 is 5.69 Å². The third kappa shape index (κ3) is 3.32. The summed E-state index contributed by atoms with van der Waals surface area (Å²) in [6.45, 7) is 3.10. The second-order valence-electron chi connectivity index (χ2n) is 5.39. The smallest absolute Gasteiger partial charge is 0.119 e. The second-order valence-corrected chi connectivity index (χ2v) is 5.39. The fourth-order valence-corrected chi connectivity index (χ4v) is 2.73. The van der Waals surface area contributed by atoms with E-state index in [1.807, 2.05) is 30.3 Å². The molecule has 104 valence electrons. The number of nitrogens with zero attached hydrogens (tertiary/aromatic N) is 1. The number of para-hydroxylation sites is 2. The monoisotopic (exact) mass is 267 g/mol. The zero-order valence-corrected chi connectivity index (χ0v) is 11.7. The van der Waals surface area contributed by atoms with Crippen molar-refractivity contribution in [2.75, 3.05) is 24.6 Å². The van der Waals surface area contributed by atoms with Crippen LogP contribution in [0.25, 0.3) is 0 Å². The van der Waals surface area contributed by atoms with E-state index in [0.29, 0.717) is 5.92 Å². The first-order valence-corrected chi connectivity index (χ1v) is 7.39. The van der Waals surface area contributed by atoms with Gasteiger partial charge >= 0.3 is 0 Å². The molecule has 0 radical (unpaired) electrons. The van der Waals surface area contributed by atoms with Gasteiger partial charge in [-0.25, -0.2) is 0 Å². The standard InChI is InChI=1S/C18H21NO/c1-3-7-17(8-4-1)19-13-11-16(12-14-19)15-20-18-9-5-2-6-10-18/h1-10,16H,11-15H2. The van der Waals surface area contributed by atoms with E-state index in [4.69, 9.17) is 4.74 Å². The Morgan fingerprint density at radius 2 is 1.45 bits per heavy atom.